The van der Waals surface area contributed by atoms with Gasteiger partial charge in [0.05, 0.1) is 19.8 Å². The molecule has 92 valence electrons. The molecule has 0 atom stereocenters. The van der Waals surface area contributed by atoms with Gasteiger partial charge in [-0.3, -0.25) is 4.79 Å². The van der Waals surface area contributed by atoms with Gasteiger partial charge in [-0.05, 0) is 6.42 Å². The standard InChI is InChI=1S/C6H14O3.C2H4O2S2/c1-2-6(3-7,4-8)5-9;3-1(4)2(5)6/h7-9H,2-5H2,1H3;2,5-6H,(H,3,4). The van der Waals surface area contributed by atoms with Crippen LogP contribution in [0.2, 0.25) is 0 Å². The Morgan fingerprint density at radius 3 is 1.47 bits per heavy atom. The first-order valence-corrected chi connectivity index (χ1v) is 5.34. The van der Waals surface area contributed by atoms with Crippen LogP contribution in [0.1, 0.15) is 13.3 Å². The van der Waals surface area contributed by atoms with Gasteiger partial charge >= 0.3 is 5.97 Å². The van der Waals surface area contributed by atoms with E-state index >= 15 is 0 Å². The molecule has 0 aliphatic rings. The van der Waals surface area contributed by atoms with Crippen molar-refractivity contribution in [2.75, 3.05) is 19.8 Å². The Hall–Kier alpha value is 0.0500. The predicted molar refractivity (Wildman–Crippen MR) is 63.4 cm³/mol. The van der Waals surface area contributed by atoms with Crippen molar-refractivity contribution in [3.8, 4) is 0 Å². The topological polar surface area (TPSA) is 98.0 Å². The molecule has 0 saturated carbocycles. The predicted octanol–water partition coefficient (Wildman–Crippen LogP) is -0.384. The summed E-state index contributed by atoms with van der Waals surface area (Å²) >= 11 is 6.92. The molecule has 0 fully saturated rings. The lowest BCUT2D eigenvalue weighted by Crippen LogP contribution is -2.32. The molecule has 0 aromatic heterocycles. The van der Waals surface area contributed by atoms with Crippen molar-refractivity contribution in [2.24, 2.45) is 5.41 Å². The number of aliphatic hydroxyl groups is 3. The quantitative estimate of drug-likeness (QED) is 0.298. The van der Waals surface area contributed by atoms with Crippen LogP contribution in [-0.4, -0.2) is 50.8 Å². The van der Waals surface area contributed by atoms with Crippen LogP contribution in [0.25, 0.3) is 0 Å². The summed E-state index contributed by atoms with van der Waals surface area (Å²) in [5.41, 5.74) is -0.667. The van der Waals surface area contributed by atoms with Crippen LogP contribution < -0.4 is 0 Å². The summed E-state index contributed by atoms with van der Waals surface area (Å²) in [6.45, 7) is 1.35. The summed E-state index contributed by atoms with van der Waals surface area (Å²) in [4.78, 5) is 9.55. The fraction of sp³-hybridized carbons (Fsp3) is 0.875. The van der Waals surface area contributed by atoms with Gasteiger partial charge in [0, 0.05) is 5.41 Å². The molecule has 7 heteroatoms. The summed E-state index contributed by atoms with van der Waals surface area (Å²) in [5.74, 6) is -1.01. The molecule has 0 aliphatic carbocycles. The number of carboxylic acid groups (broad SMARTS) is 1. The van der Waals surface area contributed by atoms with Crippen LogP contribution in [0.15, 0.2) is 0 Å². The van der Waals surface area contributed by atoms with Crippen LogP contribution in [0.3, 0.4) is 0 Å². The molecule has 0 bridgehead atoms. The molecule has 0 saturated heterocycles. The smallest absolute Gasteiger partial charge is 0.326 e. The van der Waals surface area contributed by atoms with Gasteiger partial charge in [-0.15, -0.1) is 0 Å². The van der Waals surface area contributed by atoms with Crippen LogP contribution in [-0.2, 0) is 4.79 Å². The first-order valence-electron chi connectivity index (χ1n) is 4.30. The normalized spacial score (nSPS) is 10.9. The van der Waals surface area contributed by atoms with Gasteiger partial charge in [0.15, 0.2) is 0 Å². The van der Waals surface area contributed by atoms with Gasteiger partial charge in [-0.25, -0.2) is 0 Å². The number of carboxylic acids is 1. The SMILES string of the molecule is CCC(CO)(CO)CO.O=C(O)C(S)S. The second-order valence-electron chi connectivity index (χ2n) is 3.04. The maximum absolute atomic E-state index is 9.55. The highest BCUT2D eigenvalue weighted by molar-refractivity contribution is 8.00. The van der Waals surface area contributed by atoms with Gasteiger partial charge in [-0.1, -0.05) is 6.92 Å². The number of thiol groups is 2. The zero-order chi connectivity index (χ0) is 12.5. The Labute approximate surface area is 99.9 Å². The van der Waals surface area contributed by atoms with E-state index in [9.17, 15) is 4.79 Å². The molecule has 0 aromatic rings. The van der Waals surface area contributed by atoms with Crippen molar-refractivity contribution in [1.29, 1.82) is 0 Å². The minimum atomic E-state index is -1.01. The number of hydrogen-bond acceptors (Lipinski definition) is 6. The zero-order valence-corrected chi connectivity index (χ0v) is 10.3. The molecular formula is C8H18O5S2. The molecule has 15 heavy (non-hydrogen) atoms. The molecule has 0 aliphatic heterocycles. The highest BCUT2D eigenvalue weighted by Gasteiger charge is 2.24. The Kier molecular flexibility index (Phi) is 10.8. The van der Waals surface area contributed by atoms with Crippen LogP contribution in [0, 0.1) is 5.41 Å². The van der Waals surface area contributed by atoms with Crippen molar-refractivity contribution in [3.05, 3.63) is 0 Å². The third-order valence-electron chi connectivity index (χ3n) is 1.98. The van der Waals surface area contributed by atoms with E-state index in [1.807, 2.05) is 6.92 Å². The average Bonchev–Trinajstić information content (AvgIpc) is 2.23. The second-order valence-corrected chi connectivity index (χ2v) is 4.48. The third-order valence-corrected chi connectivity index (χ3v) is 2.42. The molecular weight excluding hydrogens is 240 g/mol. The number of rotatable bonds is 5. The van der Waals surface area contributed by atoms with Gasteiger partial charge in [-0.2, -0.15) is 25.3 Å². The highest BCUT2D eigenvalue weighted by atomic mass is 32.2. The maximum Gasteiger partial charge on any atom is 0.326 e. The summed E-state index contributed by atoms with van der Waals surface area (Å²) in [6.07, 6.45) is 0.594. The Morgan fingerprint density at radius 2 is 1.47 bits per heavy atom. The number of aliphatic hydroxyl groups excluding tert-OH is 3. The fourth-order valence-corrected chi connectivity index (χ4v) is 0.485. The van der Waals surface area contributed by atoms with E-state index in [4.69, 9.17) is 20.4 Å². The van der Waals surface area contributed by atoms with Crippen molar-refractivity contribution in [3.63, 3.8) is 0 Å². The van der Waals surface area contributed by atoms with Crippen LogP contribution in [0.4, 0.5) is 0 Å². The minimum absolute atomic E-state index is 0.156. The third kappa shape index (κ3) is 7.92. The zero-order valence-electron chi connectivity index (χ0n) is 8.50. The average molecular weight is 258 g/mol. The van der Waals surface area contributed by atoms with Crippen molar-refractivity contribution in [1.82, 2.24) is 0 Å². The number of carbonyl (C=O) groups is 1. The largest absolute Gasteiger partial charge is 0.480 e. The molecule has 0 spiro atoms. The van der Waals surface area contributed by atoms with Gasteiger partial charge in [0.1, 0.15) is 4.58 Å². The molecule has 0 heterocycles. The van der Waals surface area contributed by atoms with E-state index in [2.05, 4.69) is 25.3 Å². The Bertz CT molecular complexity index is 153. The molecule has 0 rings (SSSR count). The molecule has 5 nitrogen and oxygen atoms in total. The van der Waals surface area contributed by atoms with E-state index in [1.54, 1.807) is 0 Å². The van der Waals surface area contributed by atoms with Crippen molar-refractivity contribution < 1.29 is 25.2 Å². The van der Waals surface area contributed by atoms with Crippen molar-refractivity contribution in [2.45, 2.75) is 17.9 Å². The molecule has 0 unspecified atom stereocenters. The summed E-state index contributed by atoms with van der Waals surface area (Å²) in [6, 6.07) is 0. The van der Waals surface area contributed by atoms with E-state index in [0.717, 1.165) is 0 Å². The maximum atomic E-state index is 9.55. The van der Waals surface area contributed by atoms with E-state index in [0.29, 0.717) is 6.42 Å². The van der Waals surface area contributed by atoms with Crippen molar-refractivity contribution >= 4 is 31.2 Å². The van der Waals surface area contributed by atoms with Crippen LogP contribution in [0.5, 0.6) is 0 Å². The summed E-state index contributed by atoms with van der Waals surface area (Å²) in [7, 11) is 0. The monoisotopic (exact) mass is 258 g/mol. The van der Waals surface area contributed by atoms with Gasteiger partial charge in [0.2, 0.25) is 0 Å². The lowest BCUT2D eigenvalue weighted by atomic mass is 9.88. The molecule has 0 aromatic carbocycles. The highest BCUT2D eigenvalue weighted by Crippen LogP contribution is 2.18. The summed E-state index contributed by atoms with van der Waals surface area (Å²) in [5, 5.41) is 33.8. The second kappa shape index (κ2) is 9.29. The Balaban J connectivity index is 0. The van der Waals surface area contributed by atoms with E-state index < -0.39 is 16.0 Å². The minimum Gasteiger partial charge on any atom is -0.480 e. The number of hydrogen-bond donors (Lipinski definition) is 6. The van der Waals surface area contributed by atoms with Crippen LogP contribution >= 0.6 is 25.3 Å². The first kappa shape index (κ1) is 17.4. The van der Waals surface area contributed by atoms with E-state index in [1.165, 1.54) is 0 Å². The first-order chi connectivity index (χ1) is 6.89. The molecule has 0 amide bonds. The lowest BCUT2D eigenvalue weighted by Gasteiger charge is -2.24. The van der Waals surface area contributed by atoms with Gasteiger partial charge in [0.25, 0.3) is 0 Å². The molecule has 4 N–H and O–H groups in total. The van der Waals surface area contributed by atoms with Gasteiger partial charge < -0.3 is 20.4 Å². The van der Waals surface area contributed by atoms with E-state index in [-0.39, 0.29) is 19.8 Å². The Morgan fingerprint density at radius 1 is 1.20 bits per heavy atom. The molecule has 0 radical (unpaired) electrons. The number of aliphatic carboxylic acids is 1. The summed E-state index contributed by atoms with van der Waals surface area (Å²) < 4.78 is -0.843. The lowest BCUT2D eigenvalue weighted by molar-refractivity contribution is -0.134. The fourth-order valence-electron chi connectivity index (χ4n) is 0.485.